The topological polar surface area (TPSA) is 73.3 Å². The van der Waals surface area contributed by atoms with Gasteiger partial charge in [0.05, 0.1) is 17.3 Å². The number of hydrogen-bond donors (Lipinski definition) is 1. The molecule has 1 N–H and O–H groups in total. The van der Waals surface area contributed by atoms with E-state index in [1.54, 1.807) is 27.9 Å². The maximum Gasteiger partial charge on any atom is 0.433 e. The molecule has 0 fully saturated rings. The van der Waals surface area contributed by atoms with Crippen molar-refractivity contribution in [1.29, 1.82) is 0 Å². The van der Waals surface area contributed by atoms with E-state index in [0.29, 0.717) is 31.4 Å². The minimum Gasteiger partial charge on any atom is -0.444 e. The highest BCUT2D eigenvalue weighted by molar-refractivity contribution is 7.09. The maximum atomic E-state index is 12.7. The van der Waals surface area contributed by atoms with Crippen molar-refractivity contribution in [2.45, 2.75) is 64.5 Å². The molecule has 0 spiro atoms. The third kappa shape index (κ3) is 8.27. The summed E-state index contributed by atoms with van der Waals surface area (Å²) in [6.07, 6.45) is -2.42. The first-order chi connectivity index (χ1) is 14.0. The number of halogens is 3. The van der Waals surface area contributed by atoms with Crippen molar-refractivity contribution in [3.05, 3.63) is 45.7 Å². The fourth-order valence-corrected chi connectivity index (χ4v) is 3.47. The molecule has 0 aliphatic heterocycles. The van der Waals surface area contributed by atoms with Gasteiger partial charge in [0.15, 0.2) is 0 Å². The number of amides is 1. The minimum absolute atomic E-state index is 0.320. The Kier molecular flexibility index (Phi) is 8.19. The molecule has 0 saturated carbocycles. The number of carbonyl (C=O) groups is 1. The van der Waals surface area contributed by atoms with E-state index < -0.39 is 23.6 Å². The predicted octanol–water partition coefficient (Wildman–Crippen LogP) is 4.77. The summed E-state index contributed by atoms with van der Waals surface area (Å²) in [5, 5.41) is 5.61. The number of pyridine rings is 1. The Hall–Kier alpha value is -2.20. The second kappa shape index (κ2) is 10.2. The highest BCUT2D eigenvalue weighted by Gasteiger charge is 2.32. The van der Waals surface area contributed by atoms with Crippen LogP contribution < -0.4 is 5.32 Å². The molecule has 0 aliphatic rings. The first-order valence-corrected chi connectivity index (χ1v) is 10.3. The summed E-state index contributed by atoms with van der Waals surface area (Å²) >= 11 is 1.50. The molecule has 6 nitrogen and oxygen atoms in total. The van der Waals surface area contributed by atoms with E-state index in [4.69, 9.17) is 9.47 Å². The van der Waals surface area contributed by atoms with Crippen LogP contribution in [-0.4, -0.2) is 34.8 Å². The van der Waals surface area contributed by atoms with Crippen molar-refractivity contribution >= 4 is 17.4 Å². The number of ether oxygens (including phenoxy) is 2. The van der Waals surface area contributed by atoms with Gasteiger partial charge in [-0.1, -0.05) is 6.07 Å². The quantitative estimate of drug-likeness (QED) is 0.634. The highest BCUT2D eigenvalue weighted by Crippen LogP contribution is 2.27. The maximum absolute atomic E-state index is 12.7. The van der Waals surface area contributed by atoms with Crippen LogP contribution in [0.4, 0.5) is 18.0 Å². The van der Waals surface area contributed by atoms with Crippen molar-refractivity contribution in [2.24, 2.45) is 0 Å². The number of alkyl halides is 3. The van der Waals surface area contributed by atoms with Crippen molar-refractivity contribution in [3.63, 3.8) is 0 Å². The molecule has 1 atom stereocenters. The van der Waals surface area contributed by atoms with Crippen LogP contribution in [0.2, 0.25) is 0 Å². The van der Waals surface area contributed by atoms with Gasteiger partial charge in [0.1, 0.15) is 11.3 Å². The molecule has 2 aromatic rings. The number of aryl methyl sites for hydroxylation is 1. The summed E-state index contributed by atoms with van der Waals surface area (Å²) in [6.45, 7) is 5.70. The van der Waals surface area contributed by atoms with E-state index in [-0.39, 0.29) is 6.04 Å². The van der Waals surface area contributed by atoms with Crippen LogP contribution in [0.3, 0.4) is 0 Å². The lowest BCUT2D eigenvalue weighted by atomic mass is 10.0. The lowest BCUT2D eigenvalue weighted by molar-refractivity contribution is -0.141. The van der Waals surface area contributed by atoms with Gasteiger partial charge in [0.25, 0.3) is 0 Å². The van der Waals surface area contributed by atoms with Crippen molar-refractivity contribution in [3.8, 4) is 0 Å². The normalized spacial score (nSPS) is 13.2. The van der Waals surface area contributed by atoms with Crippen molar-refractivity contribution in [2.75, 3.05) is 7.11 Å². The number of rotatable bonds is 8. The number of aromatic nitrogens is 2. The summed E-state index contributed by atoms with van der Waals surface area (Å²) in [4.78, 5) is 20.2. The zero-order chi connectivity index (χ0) is 22.4. The van der Waals surface area contributed by atoms with Gasteiger partial charge in [-0.3, -0.25) is 4.98 Å². The summed E-state index contributed by atoms with van der Waals surface area (Å²) in [6, 6.07) is 1.96. The smallest absolute Gasteiger partial charge is 0.433 e. The fraction of sp³-hybridized carbons (Fsp3) is 0.550. The number of nitrogens with one attached hydrogen (secondary N) is 1. The van der Waals surface area contributed by atoms with Gasteiger partial charge >= 0.3 is 12.3 Å². The van der Waals surface area contributed by atoms with E-state index in [2.05, 4.69) is 15.3 Å². The average Bonchev–Trinajstić information content (AvgIpc) is 3.05. The van der Waals surface area contributed by atoms with Gasteiger partial charge in [0, 0.05) is 31.1 Å². The molecular weight excluding hydrogens is 419 g/mol. The number of thiazole rings is 1. The molecule has 0 radical (unpaired) electrons. The zero-order valence-electron chi connectivity index (χ0n) is 17.4. The van der Waals surface area contributed by atoms with E-state index in [1.807, 2.05) is 5.38 Å². The number of alkyl carbamates (subject to hydrolysis) is 1. The van der Waals surface area contributed by atoms with Gasteiger partial charge < -0.3 is 14.8 Å². The first kappa shape index (κ1) is 24.1. The molecule has 0 aliphatic carbocycles. The van der Waals surface area contributed by atoms with E-state index in [1.165, 1.54) is 23.6 Å². The largest absolute Gasteiger partial charge is 0.444 e. The molecular formula is C20H26F3N3O3S. The molecule has 30 heavy (non-hydrogen) atoms. The molecule has 2 rings (SSSR count). The molecule has 1 amide bonds. The summed E-state index contributed by atoms with van der Waals surface area (Å²) in [7, 11) is 1.60. The summed E-state index contributed by atoms with van der Waals surface area (Å²) in [5.74, 6) is 0. The number of nitrogens with zero attached hydrogens (tertiary/aromatic N) is 2. The fourth-order valence-electron chi connectivity index (χ4n) is 2.67. The number of hydrogen-bond acceptors (Lipinski definition) is 6. The first-order valence-electron chi connectivity index (χ1n) is 9.40. The minimum atomic E-state index is -4.49. The predicted molar refractivity (Wildman–Crippen MR) is 107 cm³/mol. The zero-order valence-corrected chi connectivity index (χ0v) is 18.2. The van der Waals surface area contributed by atoms with Gasteiger partial charge in [-0.05, 0) is 45.2 Å². The van der Waals surface area contributed by atoms with Crippen molar-refractivity contribution in [1.82, 2.24) is 15.3 Å². The monoisotopic (exact) mass is 445 g/mol. The Morgan fingerprint density at radius 3 is 2.57 bits per heavy atom. The molecule has 0 aromatic carbocycles. The molecule has 0 saturated heterocycles. The molecule has 0 unspecified atom stereocenters. The molecule has 2 aromatic heterocycles. The highest BCUT2D eigenvalue weighted by atomic mass is 32.1. The third-order valence-electron chi connectivity index (χ3n) is 3.92. The Labute approximate surface area is 177 Å². The number of carbonyl (C=O) groups excluding carboxylic acids is 1. The second-order valence-electron chi connectivity index (χ2n) is 7.80. The Morgan fingerprint density at radius 1 is 1.27 bits per heavy atom. The number of methoxy groups -OCH3 is 1. The van der Waals surface area contributed by atoms with Gasteiger partial charge in [-0.15, -0.1) is 11.3 Å². The van der Waals surface area contributed by atoms with Crippen LogP contribution >= 0.6 is 11.3 Å². The lowest BCUT2D eigenvalue weighted by Gasteiger charge is -2.23. The summed E-state index contributed by atoms with van der Waals surface area (Å²) in [5.41, 5.74) is -0.185. The van der Waals surface area contributed by atoms with Crippen LogP contribution in [0.25, 0.3) is 0 Å². The van der Waals surface area contributed by atoms with Crippen LogP contribution in [0.15, 0.2) is 23.7 Å². The Morgan fingerprint density at radius 2 is 2.00 bits per heavy atom. The SMILES string of the molecule is COCc1csc(CC[C@H](Cc2ccc(C(F)(F)F)nc2)NC(=O)OC(C)(C)C)n1. The lowest BCUT2D eigenvalue weighted by Crippen LogP contribution is -2.40. The summed E-state index contributed by atoms with van der Waals surface area (Å²) < 4.78 is 48.6. The van der Waals surface area contributed by atoms with Gasteiger partial charge in [0.2, 0.25) is 0 Å². The van der Waals surface area contributed by atoms with Crippen LogP contribution in [0, 0.1) is 0 Å². The Bertz CT molecular complexity index is 817. The van der Waals surface area contributed by atoms with Crippen LogP contribution in [0.5, 0.6) is 0 Å². The molecule has 166 valence electrons. The standard InChI is InChI=1S/C20H26F3N3O3S/c1-19(2,3)29-18(27)26-14(6-8-17-25-15(11-28-4)12-30-17)9-13-5-7-16(24-10-13)20(21,22)23/h5,7,10,12,14H,6,8-9,11H2,1-4H3,(H,26,27)/t14-/m1/s1. The van der Waals surface area contributed by atoms with Gasteiger partial charge in [-0.2, -0.15) is 13.2 Å². The van der Waals surface area contributed by atoms with E-state index in [0.717, 1.165) is 16.8 Å². The molecule has 0 bridgehead atoms. The molecule has 10 heteroatoms. The van der Waals surface area contributed by atoms with Gasteiger partial charge in [-0.25, -0.2) is 9.78 Å². The van der Waals surface area contributed by atoms with E-state index >= 15 is 0 Å². The second-order valence-corrected chi connectivity index (χ2v) is 8.74. The van der Waals surface area contributed by atoms with Crippen LogP contribution in [0.1, 0.15) is 49.2 Å². The third-order valence-corrected chi connectivity index (χ3v) is 4.87. The average molecular weight is 446 g/mol. The Balaban J connectivity index is 2.06. The van der Waals surface area contributed by atoms with E-state index in [9.17, 15) is 18.0 Å². The molecule has 2 heterocycles. The van der Waals surface area contributed by atoms with Crippen LogP contribution in [-0.2, 0) is 35.1 Å². The van der Waals surface area contributed by atoms with Crippen molar-refractivity contribution < 1.29 is 27.4 Å².